The second-order valence-electron chi connectivity index (χ2n) is 3.41. The molecule has 0 aliphatic heterocycles. The number of benzene rings is 1. The summed E-state index contributed by atoms with van der Waals surface area (Å²) in [6, 6.07) is 8.23. The van der Waals surface area contributed by atoms with Crippen LogP contribution in [0.3, 0.4) is 0 Å². The van der Waals surface area contributed by atoms with Gasteiger partial charge >= 0.3 is 0 Å². The van der Waals surface area contributed by atoms with E-state index in [4.69, 9.17) is 5.26 Å². The summed E-state index contributed by atoms with van der Waals surface area (Å²) in [4.78, 5) is 0. The molecular weight excluding hydrogens is 196 g/mol. The van der Waals surface area contributed by atoms with Gasteiger partial charge < -0.3 is 0 Å². The van der Waals surface area contributed by atoms with Gasteiger partial charge in [-0.2, -0.15) is 5.26 Å². The molecular formula is C12H13F2N. The van der Waals surface area contributed by atoms with E-state index in [-0.39, 0.29) is 12.0 Å². The molecule has 1 nitrogen and oxygen atoms in total. The SMILES string of the molecule is CCC(F)(F)c1ccc(CCC#N)cc1. The summed E-state index contributed by atoms with van der Waals surface area (Å²) < 4.78 is 26.4. The van der Waals surface area contributed by atoms with Gasteiger partial charge in [-0.05, 0) is 12.0 Å². The minimum atomic E-state index is -2.74. The highest BCUT2D eigenvalue weighted by Gasteiger charge is 2.28. The maximum absolute atomic E-state index is 13.2. The molecule has 0 N–H and O–H groups in total. The molecule has 1 aromatic rings. The second kappa shape index (κ2) is 4.88. The topological polar surface area (TPSA) is 23.8 Å². The van der Waals surface area contributed by atoms with Crippen molar-refractivity contribution in [3.63, 3.8) is 0 Å². The van der Waals surface area contributed by atoms with Crippen molar-refractivity contribution in [1.29, 1.82) is 5.26 Å². The molecule has 0 atom stereocenters. The van der Waals surface area contributed by atoms with E-state index in [0.717, 1.165) is 5.56 Å². The average Bonchev–Trinajstić information content (AvgIpc) is 2.27. The molecule has 1 aromatic carbocycles. The van der Waals surface area contributed by atoms with E-state index in [9.17, 15) is 8.78 Å². The highest BCUT2D eigenvalue weighted by molar-refractivity contribution is 5.26. The Bertz CT molecular complexity index is 349. The number of rotatable bonds is 4. The first-order valence-electron chi connectivity index (χ1n) is 4.94. The fourth-order valence-electron chi connectivity index (χ4n) is 1.32. The van der Waals surface area contributed by atoms with Crippen LogP contribution in [0.1, 0.15) is 30.9 Å². The number of aryl methyl sites for hydroxylation is 1. The third-order valence-electron chi connectivity index (χ3n) is 2.35. The molecule has 3 heteroatoms. The largest absolute Gasteiger partial charge is 0.273 e. The summed E-state index contributed by atoms with van der Waals surface area (Å²) in [5, 5.41) is 8.38. The van der Waals surface area contributed by atoms with Gasteiger partial charge in [0.1, 0.15) is 0 Å². The first-order chi connectivity index (χ1) is 7.10. The molecule has 0 unspecified atom stereocenters. The predicted molar refractivity (Wildman–Crippen MR) is 54.6 cm³/mol. The highest BCUT2D eigenvalue weighted by Crippen LogP contribution is 2.31. The summed E-state index contributed by atoms with van der Waals surface area (Å²) in [6.07, 6.45) is 0.850. The molecule has 0 fully saturated rings. The van der Waals surface area contributed by atoms with Gasteiger partial charge in [0, 0.05) is 18.4 Å². The number of alkyl halides is 2. The molecule has 0 bridgehead atoms. The van der Waals surface area contributed by atoms with E-state index >= 15 is 0 Å². The van der Waals surface area contributed by atoms with Crippen LogP contribution in [0.5, 0.6) is 0 Å². The van der Waals surface area contributed by atoms with Gasteiger partial charge in [-0.1, -0.05) is 31.2 Å². The Kier molecular flexibility index (Phi) is 3.79. The van der Waals surface area contributed by atoms with E-state index in [2.05, 4.69) is 0 Å². The Morgan fingerprint density at radius 3 is 2.33 bits per heavy atom. The lowest BCUT2D eigenvalue weighted by Crippen LogP contribution is -2.11. The van der Waals surface area contributed by atoms with Crippen molar-refractivity contribution >= 4 is 0 Å². The first-order valence-corrected chi connectivity index (χ1v) is 4.94. The van der Waals surface area contributed by atoms with Gasteiger partial charge in [0.2, 0.25) is 0 Å². The molecule has 0 aliphatic rings. The lowest BCUT2D eigenvalue weighted by Gasteiger charge is -2.14. The molecule has 0 heterocycles. The van der Waals surface area contributed by atoms with Gasteiger partial charge in [-0.25, -0.2) is 8.78 Å². The summed E-state index contributed by atoms with van der Waals surface area (Å²) >= 11 is 0. The summed E-state index contributed by atoms with van der Waals surface area (Å²) in [7, 11) is 0. The van der Waals surface area contributed by atoms with E-state index < -0.39 is 5.92 Å². The molecule has 0 amide bonds. The number of hydrogen-bond acceptors (Lipinski definition) is 1. The molecule has 15 heavy (non-hydrogen) atoms. The van der Waals surface area contributed by atoms with Crippen molar-refractivity contribution in [2.45, 2.75) is 32.1 Å². The van der Waals surface area contributed by atoms with Crippen molar-refractivity contribution in [2.75, 3.05) is 0 Å². The number of hydrogen-bond donors (Lipinski definition) is 0. The van der Waals surface area contributed by atoms with Crippen LogP contribution in [0.4, 0.5) is 8.78 Å². The quantitative estimate of drug-likeness (QED) is 0.742. The third-order valence-corrected chi connectivity index (χ3v) is 2.35. The fourth-order valence-corrected chi connectivity index (χ4v) is 1.32. The molecule has 0 radical (unpaired) electrons. The second-order valence-corrected chi connectivity index (χ2v) is 3.41. The van der Waals surface area contributed by atoms with Crippen molar-refractivity contribution < 1.29 is 8.78 Å². The number of nitriles is 1. The van der Waals surface area contributed by atoms with Crippen LogP contribution in [-0.2, 0) is 12.3 Å². The minimum absolute atomic E-state index is 0.0470. The van der Waals surface area contributed by atoms with Crippen molar-refractivity contribution in [1.82, 2.24) is 0 Å². The molecule has 0 spiro atoms. The normalized spacial score (nSPS) is 11.1. The summed E-state index contributed by atoms with van der Waals surface area (Å²) in [5.74, 6) is -2.74. The van der Waals surface area contributed by atoms with Crippen LogP contribution in [0, 0.1) is 11.3 Å². The van der Waals surface area contributed by atoms with Crippen LogP contribution in [0.25, 0.3) is 0 Å². The maximum atomic E-state index is 13.2. The first kappa shape index (κ1) is 11.6. The summed E-state index contributed by atoms with van der Waals surface area (Å²) in [5.41, 5.74) is 0.970. The molecule has 1 rings (SSSR count). The third kappa shape index (κ3) is 3.02. The van der Waals surface area contributed by atoms with Crippen molar-refractivity contribution in [3.05, 3.63) is 35.4 Å². The zero-order valence-electron chi connectivity index (χ0n) is 8.63. The lowest BCUT2D eigenvalue weighted by atomic mass is 10.0. The zero-order chi connectivity index (χ0) is 11.3. The highest BCUT2D eigenvalue weighted by atomic mass is 19.3. The Morgan fingerprint density at radius 2 is 1.87 bits per heavy atom. The van der Waals surface area contributed by atoms with Crippen LogP contribution < -0.4 is 0 Å². The molecule has 0 aliphatic carbocycles. The average molecular weight is 209 g/mol. The van der Waals surface area contributed by atoms with Gasteiger partial charge in [0.05, 0.1) is 6.07 Å². The number of nitrogens with zero attached hydrogens (tertiary/aromatic N) is 1. The van der Waals surface area contributed by atoms with E-state index in [1.165, 1.54) is 19.1 Å². The van der Waals surface area contributed by atoms with E-state index in [1.54, 1.807) is 12.1 Å². The van der Waals surface area contributed by atoms with Crippen LogP contribution >= 0.6 is 0 Å². The Labute approximate surface area is 88.3 Å². The van der Waals surface area contributed by atoms with Gasteiger partial charge in [-0.15, -0.1) is 0 Å². The summed E-state index contributed by atoms with van der Waals surface area (Å²) in [6.45, 7) is 1.46. The molecule has 0 saturated heterocycles. The fraction of sp³-hybridized carbons (Fsp3) is 0.417. The predicted octanol–water partition coefficient (Wildman–Crippen LogP) is 3.64. The van der Waals surface area contributed by atoms with Crippen molar-refractivity contribution in [2.24, 2.45) is 0 Å². The minimum Gasteiger partial charge on any atom is -0.201 e. The lowest BCUT2D eigenvalue weighted by molar-refractivity contribution is -0.00829. The number of halogens is 2. The van der Waals surface area contributed by atoms with Crippen LogP contribution in [-0.4, -0.2) is 0 Å². The maximum Gasteiger partial charge on any atom is 0.273 e. The van der Waals surface area contributed by atoms with Gasteiger partial charge in [0.25, 0.3) is 5.92 Å². The Morgan fingerprint density at radius 1 is 1.27 bits per heavy atom. The van der Waals surface area contributed by atoms with Crippen LogP contribution in [0.2, 0.25) is 0 Å². The zero-order valence-corrected chi connectivity index (χ0v) is 8.63. The molecule has 0 saturated carbocycles. The van der Waals surface area contributed by atoms with Gasteiger partial charge in [0.15, 0.2) is 0 Å². The van der Waals surface area contributed by atoms with E-state index in [0.29, 0.717) is 12.8 Å². The standard InChI is InChI=1S/C12H13F2N/c1-2-12(13,14)11-7-5-10(6-8-11)4-3-9-15/h5-8H,2-4H2,1H3. The molecule has 0 aromatic heterocycles. The smallest absolute Gasteiger partial charge is 0.201 e. The van der Waals surface area contributed by atoms with E-state index in [1.807, 2.05) is 6.07 Å². The van der Waals surface area contributed by atoms with Gasteiger partial charge in [-0.3, -0.25) is 0 Å². The Balaban J connectivity index is 2.77. The van der Waals surface area contributed by atoms with Crippen molar-refractivity contribution in [3.8, 4) is 6.07 Å². The molecule has 80 valence electrons. The monoisotopic (exact) mass is 209 g/mol. The Hall–Kier alpha value is -1.43. The van der Waals surface area contributed by atoms with Crippen LogP contribution in [0.15, 0.2) is 24.3 Å².